The molecular weight excluding hydrogens is 318 g/mol. The summed E-state index contributed by atoms with van der Waals surface area (Å²) in [6.07, 6.45) is 2.56. The van der Waals surface area contributed by atoms with Gasteiger partial charge in [0.15, 0.2) is 5.76 Å². The van der Waals surface area contributed by atoms with Gasteiger partial charge < -0.3 is 4.52 Å². The smallest absolute Gasteiger partial charge is 0.151 e. The molecule has 0 bridgehead atoms. The first-order valence-electron chi connectivity index (χ1n) is 8.94. The monoisotopic (exact) mass is 343 g/mol. The fourth-order valence-corrected chi connectivity index (χ4v) is 4.67. The Hall–Kier alpha value is -1.30. The number of aromatic nitrogens is 1. The molecule has 0 aliphatic carbocycles. The molecule has 0 unspecified atom stereocenters. The van der Waals surface area contributed by atoms with Crippen LogP contribution in [0.15, 0.2) is 40.9 Å². The van der Waals surface area contributed by atoms with E-state index in [1.807, 2.05) is 18.2 Å². The molecule has 2 fully saturated rings. The molecular formula is C19H25N3OS. The Kier molecular flexibility index (Phi) is 5.21. The van der Waals surface area contributed by atoms with Crippen molar-refractivity contribution in [1.82, 2.24) is 15.0 Å². The molecule has 5 heteroatoms. The number of benzene rings is 1. The highest BCUT2D eigenvalue weighted by Crippen LogP contribution is 2.23. The van der Waals surface area contributed by atoms with Gasteiger partial charge in [0.05, 0.1) is 6.54 Å². The minimum absolute atomic E-state index is 0.789. The van der Waals surface area contributed by atoms with Crippen LogP contribution in [0.4, 0.5) is 0 Å². The molecule has 2 aliphatic heterocycles. The molecule has 0 amide bonds. The lowest BCUT2D eigenvalue weighted by Crippen LogP contribution is -2.47. The molecule has 0 radical (unpaired) electrons. The zero-order valence-electron chi connectivity index (χ0n) is 14.1. The van der Waals surface area contributed by atoms with Crippen molar-refractivity contribution < 1.29 is 4.52 Å². The third-order valence-electron chi connectivity index (χ3n) is 5.13. The van der Waals surface area contributed by atoms with Crippen molar-refractivity contribution in [3.8, 4) is 11.3 Å². The SMILES string of the molecule is c1ccc(-c2cc(CN3CCC(N4CCSCC4)CC3)on2)cc1. The standard InChI is InChI=1S/C19H25N3OS/c1-2-4-16(5-3-1)19-14-18(23-20-19)15-21-8-6-17(7-9-21)22-10-12-24-13-11-22/h1-5,14,17H,6-13,15H2. The van der Waals surface area contributed by atoms with Gasteiger partial charge in [-0.3, -0.25) is 9.80 Å². The highest BCUT2D eigenvalue weighted by molar-refractivity contribution is 7.99. The first kappa shape index (κ1) is 16.2. The molecule has 4 rings (SSSR count). The van der Waals surface area contributed by atoms with Crippen LogP contribution >= 0.6 is 11.8 Å². The van der Waals surface area contributed by atoms with Crippen LogP contribution in [0.5, 0.6) is 0 Å². The maximum Gasteiger partial charge on any atom is 0.151 e. The van der Waals surface area contributed by atoms with Crippen LogP contribution in [0, 0.1) is 0 Å². The van der Waals surface area contributed by atoms with Crippen molar-refractivity contribution in [2.75, 3.05) is 37.7 Å². The summed E-state index contributed by atoms with van der Waals surface area (Å²) in [5.74, 6) is 3.59. The van der Waals surface area contributed by atoms with Gasteiger partial charge in [0.25, 0.3) is 0 Å². The summed E-state index contributed by atoms with van der Waals surface area (Å²) < 4.78 is 5.56. The molecule has 0 N–H and O–H groups in total. The second-order valence-electron chi connectivity index (χ2n) is 6.70. The first-order valence-corrected chi connectivity index (χ1v) is 10.1. The van der Waals surface area contributed by atoms with Crippen LogP contribution in [0.2, 0.25) is 0 Å². The maximum atomic E-state index is 5.56. The Bertz CT molecular complexity index is 631. The van der Waals surface area contributed by atoms with E-state index in [9.17, 15) is 0 Å². The topological polar surface area (TPSA) is 32.5 Å². The summed E-state index contributed by atoms with van der Waals surface area (Å²) in [6.45, 7) is 5.75. The summed E-state index contributed by atoms with van der Waals surface area (Å²) in [5.41, 5.74) is 2.06. The van der Waals surface area contributed by atoms with E-state index in [1.165, 1.54) is 37.4 Å². The lowest BCUT2D eigenvalue weighted by molar-refractivity contribution is 0.106. The van der Waals surface area contributed by atoms with E-state index >= 15 is 0 Å². The van der Waals surface area contributed by atoms with Crippen molar-refractivity contribution in [3.05, 3.63) is 42.2 Å². The summed E-state index contributed by atoms with van der Waals surface area (Å²) in [6, 6.07) is 13.1. The molecule has 4 nitrogen and oxygen atoms in total. The van der Waals surface area contributed by atoms with E-state index in [4.69, 9.17) is 4.52 Å². The van der Waals surface area contributed by atoms with Crippen LogP contribution in [0.25, 0.3) is 11.3 Å². The van der Waals surface area contributed by atoms with Crippen LogP contribution < -0.4 is 0 Å². The number of rotatable bonds is 4. The van der Waals surface area contributed by atoms with Crippen LogP contribution in [0.1, 0.15) is 18.6 Å². The summed E-state index contributed by atoms with van der Waals surface area (Å²) >= 11 is 2.09. The summed E-state index contributed by atoms with van der Waals surface area (Å²) in [4.78, 5) is 5.21. The minimum atomic E-state index is 0.789. The molecule has 2 aliphatic rings. The van der Waals surface area contributed by atoms with Gasteiger partial charge in [0.1, 0.15) is 5.69 Å². The number of hydrogen-bond acceptors (Lipinski definition) is 5. The minimum Gasteiger partial charge on any atom is -0.359 e. The Morgan fingerprint density at radius 3 is 2.54 bits per heavy atom. The highest BCUT2D eigenvalue weighted by Gasteiger charge is 2.26. The summed E-state index contributed by atoms with van der Waals surface area (Å²) in [5, 5.41) is 4.23. The average Bonchev–Trinajstić information content (AvgIpc) is 3.12. The predicted octanol–water partition coefficient (Wildman–Crippen LogP) is 3.35. The molecule has 0 spiro atoms. The third-order valence-corrected chi connectivity index (χ3v) is 6.07. The van der Waals surface area contributed by atoms with Gasteiger partial charge in [-0.15, -0.1) is 0 Å². The molecule has 2 saturated heterocycles. The fraction of sp³-hybridized carbons (Fsp3) is 0.526. The zero-order chi connectivity index (χ0) is 16.2. The zero-order valence-corrected chi connectivity index (χ0v) is 14.9. The van der Waals surface area contributed by atoms with E-state index in [1.54, 1.807) is 0 Å². The van der Waals surface area contributed by atoms with Crippen molar-refractivity contribution in [2.24, 2.45) is 0 Å². The van der Waals surface area contributed by atoms with E-state index in [-0.39, 0.29) is 0 Å². The van der Waals surface area contributed by atoms with Crippen LogP contribution in [-0.4, -0.2) is 58.7 Å². The van der Waals surface area contributed by atoms with Gasteiger partial charge in [0.2, 0.25) is 0 Å². The van der Waals surface area contributed by atoms with Crippen molar-refractivity contribution in [3.63, 3.8) is 0 Å². The summed E-state index contributed by atoms with van der Waals surface area (Å²) in [7, 11) is 0. The Morgan fingerprint density at radius 1 is 1.04 bits per heavy atom. The average molecular weight is 343 g/mol. The molecule has 128 valence electrons. The second-order valence-corrected chi connectivity index (χ2v) is 7.92. The van der Waals surface area contributed by atoms with Gasteiger partial charge in [-0.05, 0) is 12.8 Å². The Morgan fingerprint density at radius 2 is 1.79 bits per heavy atom. The van der Waals surface area contributed by atoms with Gasteiger partial charge in [-0.2, -0.15) is 11.8 Å². The molecule has 0 saturated carbocycles. The van der Waals surface area contributed by atoms with Crippen LogP contribution in [-0.2, 0) is 6.54 Å². The maximum absolute atomic E-state index is 5.56. The molecule has 2 aromatic rings. The van der Waals surface area contributed by atoms with Gasteiger partial charge in [-0.1, -0.05) is 35.5 Å². The second kappa shape index (κ2) is 7.72. The number of hydrogen-bond donors (Lipinski definition) is 0. The Labute approximate surface area is 148 Å². The number of thioether (sulfide) groups is 1. The van der Waals surface area contributed by atoms with E-state index in [2.05, 4.69) is 44.9 Å². The van der Waals surface area contributed by atoms with Crippen LogP contribution in [0.3, 0.4) is 0 Å². The predicted molar refractivity (Wildman–Crippen MR) is 99.1 cm³/mol. The molecule has 24 heavy (non-hydrogen) atoms. The Balaban J connectivity index is 1.30. The largest absolute Gasteiger partial charge is 0.359 e. The molecule has 0 atom stereocenters. The molecule has 3 heterocycles. The quantitative estimate of drug-likeness (QED) is 0.850. The van der Waals surface area contributed by atoms with Crippen molar-refractivity contribution in [2.45, 2.75) is 25.4 Å². The van der Waals surface area contributed by atoms with Gasteiger partial charge >= 0.3 is 0 Å². The van der Waals surface area contributed by atoms with E-state index in [0.29, 0.717) is 0 Å². The van der Waals surface area contributed by atoms with E-state index in [0.717, 1.165) is 42.7 Å². The van der Waals surface area contributed by atoms with Crippen molar-refractivity contribution >= 4 is 11.8 Å². The molecule has 1 aromatic heterocycles. The number of nitrogens with zero attached hydrogens (tertiary/aromatic N) is 3. The number of piperidine rings is 1. The fourth-order valence-electron chi connectivity index (χ4n) is 3.74. The molecule has 1 aromatic carbocycles. The van der Waals surface area contributed by atoms with Gasteiger partial charge in [-0.25, -0.2) is 0 Å². The lowest BCUT2D eigenvalue weighted by Gasteiger charge is -2.39. The third kappa shape index (κ3) is 3.85. The normalized spacial score (nSPS) is 21.2. The lowest BCUT2D eigenvalue weighted by atomic mass is 10.0. The first-order chi connectivity index (χ1) is 11.9. The number of likely N-dealkylation sites (tertiary alicyclic amines) is 1. The highest BCUT2D eigenvalue weighted by atomic mass is 32.2. The van der Waals surface area contributed by atoms with Crippen molar-refractivity contribution in [1.29, 1.82) is 0 Å². The van der Waals surface area contributed by atoms with Gasteiger partial charge in [0, 0.05) is 55.4 Å². The van der Waals surface area contributed by atoms with E-state index < -0.39 is 0 Å².